The molecule has 1 N–H and O–H groups in total. The van der Waals surface area contributed by atoms with Crippen LogP contribution in [0.5, 0.6) is 0 Å². The van der Waals surface area contributed by atoms with E-state index in [1.54, 1.807) is 0 Å². The van der Waals surface area contributed by atoms with Crippen LogP contribution in [0.1, 0.15) is 23.3 Å². The van der Waals surface area contributed by atoms with Crippen LogP contribution in [0.3, 0.4) is 0 Å². The lowest BCUT2D eigenvalue weighted by Gasteiger charge is -2.50. The summed E-state index contributed by atoms with van der Waals surface area (Å²) in [6.07, 6.45) is 1.94. The van der Waals surface area contributed by atoms with Crippen LogP contribution >= 0.6 is 11.3 Å². The number of nitrogens with zero attached hydrogens (tertiary/aromatic N) is 3. The number of fused-ring (bicyclic) bond motifs is 1. The van der Waals surface area contributed by atoms with Crippen LogP contribution < -0.4 is 5.32 Å². The Hall–Kier alpha value is -3.58. The molecular formula is C24H24N4O7S2. The highest BCUT2D eigenvalue weighted by Crippen LogP contribution is 2.37. The van der Waals surface area contributed by atoms with Crippen molar-refractivity contribution >= 4 is 45.6 Å². The van der Waals surface area contributed by atoms with Crippen molar-refractivity contribution in [1.29, 1.82) is 0 Å². The standard InChI is InChI=1S/C24H24N4O7S2/c29-19(12-17-4-3-11-36-17)25-20-22(30)27-21(18(14-37(34)23(20)27)26-9-1-2-10-26)24(31)35-13-15-5-7-16(8-6-15)28(32)33/h3-8,11,20,23H,1-2,9-10,12-14H2,(H,25,29)/t20-,23+,37?/m1/s1. The lowest BCUT2D eigenvalue weighted by molar-refractivity contribution is -0.384. The molecule has 13 heteroatoms. The number of benzene rings is 1. The first-order valence-electron chi connectivity index (χ1n) is 11.7. The fraction of sp³-hybridized carbons (Fsp3) is 0.375. The van der Waals surface area contributed by atoms with Gasteiger partial charge in [0.1, 0.15) is 18.0 Å². The maximum absolute atomic E-state index is 13.3. The number of carbonyl (C=O) groups excluding carboxylic acids is 3. The van der Waals surface area contributed by atoms with E-state index in [9.17, 15) is 28.7 Å². The van der Waals surface area contributed by atoms with E-state index in [1.165, 1.54) is 40.5 Å². The predicted octanol–water partition coefficient (Wildman–Crippen LogP) is 1.66. The number of nitro benzene ring substituents is 1. The molecule has 1 aromatic heterocycles. The third kappa shape index (κ3) is 5.01. The summed E-state index contributed by atoms with van der Waals surface area (Å²) in [7, 11) is -1.52. The van der Waals surface area contributed by atoms with Crippen molar-refractivity contribution in [2.45, 2.75) is 37.3 Å². The summed E-state index contributed by atoms with van der Waals surface area (Å²) in [6, 6.07) is 8.30. The Morgan fingerprint density at radius 1 is 1.19 bits per heavy atom. The van der Waals surface area contributed by atoms with E-state index >= 15 is 0 Å². The number of likely N-dealkylation sites (tertiary alicyclic amines) is 1. The van der Waals surface area contributed by atoms with Crippen LogP contribution in [0.15, 0.2) is 53.2 Å². The lowest BCUT2D eigenvalue weighted by atomic mass is 10.0. The number of carbonyl (C=O) groups is 3. The molecule has 5 rings (SSSR count). The van der Waals surface area contributed by atoms with Gasteiger partial charge in [-0.15, -0.1) is 11.3 Å². The largest absolute Gasteiger partial charge is 0.456 e. The number of amides is 2. The van der Waals surface area contributed by atoms with Gasteiger partial charge in [-0.25, -0.2) is 4.79 Å². The molecule has 0 saturated carbocycles. The highest BCUT2D eigenvalue weighted by Gasteiger charge is 2.58. The molecule has 0 spiro atoms. The average Bonchev–Trinajstić information content (AvgIpc) is 3.60. The van der Waals surface area contributed by atoms with Crippen LogP contribution in [-0.2, 0) is 42.9 Å². The van der Waals surface area contributed by atoms with E-state index in [4.69, 9.17) is 4.74 Å². The zero-order chi connectivity index (χ0) is 26.1. The number of hydrogen-bond donors (Lipinski definition) is 1. The molecule has 4 heterocycles. The highest BCUT2D eigenvalue weighted by atomic mass is 32.2. The van der Waals surface area contributed by atoms with E-state index in [0.717, 1.165) is 17.7 Å². The summed E-state index contributed by atoms with van der Waals surface area (Å²) in [6.45, 7) is 1.21. The second-order valence-corrected chi connectivity index (χ2v) is 11.5. The summed E-state index contributed by atoms with van der Waals surface area (Å²) in [5.74, 6) is -1.52. The predicted molar refractivity (Wildman–Crippen MR) is 134 cm³/mol. The Morgan fingerprint density at radius 3 is 2.57 bits per heavy atom. The fourth-order valence-electron chi connectivity index (χ4n) is 4.70. The maximum atomic E-state index is 13.3. The molecule has 2 amide bonds. The fourth-order valence-corrected chi connectivity index (χ4v) is 7.10. The first-order chi connectivity index (χ1) is 17.8. The molecule has 3 aliphatic heterocycles. The highest BCUT2D eigenvalue weighted by molar-refractivity contribution is 7.86. The van der Waals surface area contributed by atoms with Crippen LogP contribution in [0, 0.1) is 10.1 Å². The molecule has 1 aromatic carbocycles. The molecular weight excluding hydrogens is 520 g/mol. The van der Waals surface area contributed by atoms with Crippen LogP contribution in [0.4, 0.5) is 5.69 Å². The van der Waals surface area contributed by atoms with Gasteiger partial charge in [0.25, 0.3) is 11.6 Å². The first-order valence-corrected chi connectivity index (χ1v) is 14.0. The molecule has 0 radical (unpaired) electrons. The third-order valence-corrected chi connectivity index (χ3v) is 8.99. The van der Waals surface area contributed by atoms with Crippen molar-refractivity contribution in [3.63, 3.8) is 0 Å². The summed E-state index contributed by atoms with van der Waals surface area (Å²) in [5, 5.41) is 14.6. The molecule has 0 aliphatic carbocycles. The van der Waals surface area contributed by atoms with Gasteiger partial charge in [-0.05, 0) is 42.0 Å². The van der Waals surface area contributed by atoms with Crippen molar-refractivity contribution in [2.24, 2.45) is 0 Å². The number of non-ortho nitro benzene ring substituents is 1. The maximum Gasteiger partial charge on any atom is 0.357 e. The molecule has 0 bridgehead atoms. The monoisotopic (exact) mass is 544 g/mol. The van der Waals surface area contributed by atoms with Gasteiger partial charge >= 0.3 is 5.97 Å². The van der Waals surface area contributed by atoms with E-state index in [2.05, 4.69) is 5.32 Å². The lowest BCUT2D eigenvalue weighted by Crippen LogP contribution is -2.74. The van der Waals surface area contributed by atoms with E-state index in [0.29, 0.717) is 24.4 Å². The number of nitrogens with one attached hydrogen (secondary N) is 1. The smallest absolute Gasteiger partial charge is 0.357 e. The Balaban J connectivity index is 1.34. The van der Waals surface area contributed by atoms with Crippen LogP contribution in [0.25, 0.3) is 0 Å². The molecule has 3 aliphatic rings. The van der Waals surface area contributed by atoms with Crippen molar-refractivity contribution in [3.05, 3.63) is 73.7 Å². The minimum atomic E-state index is -1.52. The third-order valence-electron chi connectivity index (χ3n) is 6.54. The number of esters is 1. The Bertz CT molecular complexity index is 1290. The minimum absolute atomic E-state index is 0.0576. The summed E-state index contributed by atoms with van der Waals surface area (Å²) < 4.78 is 18.7. The summed E-state index contributed by atoms with van der Waals surface area (Å²) in [5.41, 5.74) is 1.04. The summed E-state index contributed by atoms with van der Waals surface area (Å²) in [4.78, 5) is 53.4. The van der Waals surface area contributed by atoms with Gasteiger partial charge < -0.3 is 15.0 Å². The number of ether oxygens (including phenoxy) is 1. The molecule has 2 saturated heterocycles. The zero-order valence-electron chi connectivity index (χ0n) is 19.7. The number of rotatable bonds is 8. The van der Waals surface area contributed by atoms with Crippen molar-refractivity contribution in [3.8, 4) is 0 Å². The van der Waals surface area contributed by atoms with Gasteiger partial charge in [-0.2, -0.15) is 0 Å². The summed E-state index contributed by atoms with van der Waals surface area (Å²) >= 11 is 1.43. The Morgan fingerprint density at radius 2 is 1.92 bits per heavy atom. The van der Waals surface area contributed by atoms with Crippen molar-refractivity contribution < 1.29 is 28.3 Å². The Kier molecular flexibility index (Phi) is 7.07. The van der Waals surface area contributed by atoms with Gasteiger partial charge in [0, 0.05) is 30.1 Å². The van der Waals surface area contributed by atoms with Gasteiger partial charge in [-0.1, -0.05) is 6.07 Å². The quantitative estimate of drug-likeness (QED) is 0.229. The minimum Gasteiger partial charge on any atom is -0.456 e. The molecule has 2 aromatic rings. The molecule has 194 valence electrons. The number of hydrogen-bond acceptors (Lipinski definition) is 9. The van der Waals surface area contributed by atoms with Crippen molar-refractivity contribution in [1.82, 2.24) is 15.1 Å². The number of β-lactam (4-membered cyclic amide) rings is 1. The van der Waals surface area contributed by atoms with E-state index < -0.39 is 39.0 Å². The molecule has 1 unspecified atom stereocenters. The first kappa shape index (κ1) is 25.1. The van der Waals surface area contributed by atoms with Crippen LogP contribution in [-0.4, -0.2) is 67.0 Å². The molecule has 3 atom stereocenters. The second-order valence-electron chi connectivity index (χ2n) is 8.91. The topological polar surface area (TPSA) is 139 Å². The van der Waals surface area contributed by atoms with E-state index in [-0.39, 0.29) is 36.1 Å². The SMILES string of the molecule is O=C(Cc1cccs1)N[C@@H]1C(=O)N2C(C(=O)OCc3ccc([N+](=O)[O-])cc3)=C(N3CCCC3)CS(=O)[C@@H]12. The second kappa shape index (κ2) is 10.4. The van der Waals surface area contributed by atoms with Crippen molar-refractivity contribution in [2.75, 3.05) is 18.8 Å². The van der Waals surface area contributed by atoms with Crippen LogP contribution in [0.2, 0.25) is 0 Å². The number of thiophene rings is 1. The van der Waals surface area contributed by atoms with Gasteiger partial charge in [0.15, 0.2) is 5.70 Å². The van der Waals surface area contributed by atoms with Gasteiger partial charge in [0.05, 0.1) is 33.6 Å². The molecule has 2 fully saturated rings. The molecule has 37 heavy (non-hydrogen) atoms. The normalized spacial score (nSPS) is 22.9. The van der Waals surface area contributed by atoms with Gasteiger partial charge in [0.2, 0.25) is 5.91 Å². The number of nitro groups is 1. The Labute approximate surface area is 218 Å². The molecule has 11 nitrogen and oxygen atoms in total. The van der Waals surface area contributed by atoms with Gasteiger partial charge in [-0.3, -0.25) is 28.8 Å². The van der Waals surface area contributed by atoms with E-state index in [1.807, 2.05) is 22.4 Å². The zero-order valence-corrected chi connectivity index (χ0v) is 21.3. The average molecular weight is 545 g/mol.